The van der Waals surface area contributed by atoms with Crippen molar-refractivity contribution < 1.29 is 9.53 Å². The van der Waals surface area contributed by atoms with Gasteiger partial charge >= 0.3 is 0 Å². The predicted octanol–water partition coefficient (Wildman–Crippen LogP) is 1.61. The largest absolute Gasteiger partial charge is 0.399 e. The number of rotatable bonds is 1. The van der Waals surface area contributed by atoms with E-state index < -0.39 is 0 Å². The number of amides is 1. The average molecular weight is 259 g/mol. The molecule has 0 bridgehead atoms. The Kier molecular flexibility index (Phi) is 2.91. The summed E-state index contributed by atoms with van der Waals surface area (Å²) in [5, 5.41) is 0.962. The van der Waals surface area contributed by atoms with Crippen LogP contribution < -0.4 is 5.73 Å². The van der Waals surface area contributed by atoms with E-state index >= 15 is 0 Å². The van der Waals surface area contributed by atoms with Crippen molar-refractivity contribution in [1.29, 1.82) is 0 Å². The van der Waals surface area contributed by atoms with Crippen LogP contribution in [0.15, 0.2) is 24.3 Å². The number of hydrogen-bond donors (Lipinski definition) is 2. The van der Waals surface area contributed by atoms with Crippen molar-refractivity contribution >= 4 is 22.5 Å². The van der Waals surface area contributed by atoms with Crippen molar-refractivity contribution in [2.24, 2.45) is 0 Å². The first kappa shape index (κ1) is 12.0. The van der Waals surface area contributed by atoms with E-state index in [0.29, 0.717) is 31.1 Å². The van der Waals surface area contributed by atoms with Crippen LogP contribution in [0.5, 0.6) is 0 Å². The summed E-state index contributed by atoms with van der Waals surface area (Å²) in [5.74, 6) is 0.0190. The van der Waals surface area contributed by atoms with Crippen molar-refractivity contribution in [3.8, 4) is 0 Å². The van der Waals surface area contributed by atoms with Crippen molar-refractivity contribution in [3.63, 3.8) is 0 Å². The molecular formula is C14H17N3O2. The number of aromatic amines is 1. The number of nitrogen functional groups attached to an aromatic ring is 1. The van der Waals surface area contributed by atoms with Gasteiger partial charge in [0.05, 0.1) is 19.3 Å². The molecule has 1 fully saturated rings. The molecule has 0 spiro atoms. The second-order valence-electron chi connectivity index (χ2n) is 4.95. The molecule has 2 heterocycles. The molecule has 0 radical (unpaired) electrons. The van der Waals surface area contributed by atoms with Gasteiger partial charge in [-0.2, -0.15) is 0 Å². The lowest BCUT2D eigenvalue weighted by atomic mass is 10.2. The van der Waals surface area contributed by atoms with Crippen molar-refractivity contribution in [3.05, 3.63) is 30.0 Å². The Morgan fingerprint density at radius 3 is 3.11 bits per heavy atom. The minimum atomic E-state index is 0.0190. The number of aromatic nitrogens is 1. The van der Waals surface area contributed by atoms with E-state index in [4.69, 9.17) is 10.5 Å². The summed E-state index contributed by atoms with van der Waals surface area (Å²) in [6, 6.07) is 7.55. The number of ether oxygens (including phenoxy) is 1. The molecule has 1 saturated heterocycles. The van der Waals surface area contributed by atoms with Crippen LogP contribution in [0.25, 0.3) is 10.9 Å². The third-order valence-corrected chi connectivity index (χ3v) is 3.50. The van der Waals surface area contributed by atoms with Crippen LogP contribution in [0, 0.1) is 0 Å². The lowest BCUT2D eigenvalue weighted by Gasteiger charge is -2.32. The minimum absolute atomic E-state index is 0.0190. The molecule has 2 aromatic rings. The molecule has 1 aliphatic rings. The molecule has 5 nitrogen and oxygen atoms in total. The normalized spacial score (nSPS) is 19.8. The van der Waals surface area contributed by atoms with Crippen LogP contribution in [0.1, 0.15) is 17.4 Å². The van der Waals surface area contributed by atoms with Gasteiger partial charge in [0.1, 0.15) is 5.69 Å². The number of carbonyl (C=O) groups is 1. The van der Waals surface area contributed by atoms with Gasteiger partial charge in [-0.15, -0.1) is 0 Å². The first-order chi connectivity index (χ1) is 9.15. The molecular weight excluding hydrogens is 242 g/mol. The van der Waals surface area contributed by atoms with E-state index in [9.17, 15) is 4.79 Å². The highest BCUT2D eigenvalue weighted by Gasteiger charge is 2.25. The molecule has 1 atom stereocenters. The van der Waals surface area contributed by atoms with Gasteiger partial charge in [-0.3, -0.25) is 4.79 Å². The summed E-state index contributed by atoms with van der Waals surface area (Å²) in [6.45, 7) is 3.83. The van der Waals surface area contributed by atoms with Gasteiger partial charge in [-0.05, 0) is 31.2 Å². The molecule has 19 heavy (non-hydrogen) atoms. The lowest BCUT2D eigenvalue weighted by molar-refractivity contribution is 0.00332. The van der Waals surface area contributed by atoms with E-state index in [1.54, 1.807) is 0 Å². The molecule has 1 unspecified atom stereocenters. The molecule has 3 rings (SSSR count). The number of carbonyl (C=O) groups excluding carboxylic acids is 1. The van der Waals surface area contributed by atoms with Gasteiger partial charge in [0.25, 0.3) is 5.91 Å². The quantitative estimate of drug-likeness (QED) is 0.764. The molecule has 1 aromatic heterocycles. The summed E-state index contributed by atoms with van der Waals surface area (Å²) in [4.78, 5) is 17.5. The number of nitrogens with two attached hydrogens (primary N) is 1. The smallest absolute Gasteiger partial charge is 0.270 e. The minimum Gasteiger partial charge on any atom is -0.399 e. The summed E-state index contributed by atoms with van der Waals surface area (Å²) in [6.07, 6.45) is 0. The zero-order valence-electron chi connectivity index (χ0n) is 10.8. The van der Waals surface area contributed by atoms with E-state index in [0.717, 1.165) is 10.9 Å². The molecule has 100 valence electrons. The number of morpholine rings is 1. The van der Waals surface area contributed by atoms with Crippen LogP contribution in [-0.4, -0.2) is 41.6 Å². The Hall–Kier alpha value is -2.01. The molecule has 1 amide bonds. The van der Waals surface area contributed by atoms with Crippen LogP contribution >= 0.6 is 0 Å². The Bertz CT molecular complexity index is 620. The molecule has 1 aromatic carbocycles. The van der Waals surface area contributed by atoms with Gasteiger partial charge in [0.15, 0.2) is 0 Å². The Labute approximate surface area is 111 Å². The average Bonchev–Trinajstić information content (AvgIpc) is 2.81. The van der Waals surface area contributed by atoms with E-state index in [-0.39, 0.29) is 11.9 Å². The summed E-state index contributed by atoms with van der Waals surface area (Å²) in [7, 11) is 0. The number of benzene rings is 1. The fraction of sp³-hybridized carbons (Fsp3) is 0.357. The van der Waals surface area contributed by atoms with E-state index in [1.807, 2.05) is 36.1 Å². The highest BCUT2D eigenvalue weighted by Crippen LogP contribution is 2.20. The van der Waals surface area contributed by atoms with Crippen LogP contribution in [0.4, 0.5) is 5.69 Å². The number of fused-ring (bicyclic) bond motifs is 1. The van der Waals surface area contributed by atoms with Crippen LogP contribution in [0.2, 0.25) is 0 Å². The van der Waals surface area contributed by atoms with Gasteiger partial charge in [-0.25, -0.2) is 0 Å². The zero-order valence-corrected chi connectivity index (χ0v) is 10.8. The van der Waals surface area contributed by atoms with E-state index in [1.165, 1.54) is 0 Å². The number of hydrogen-bond acceptors (Lipinski definition) is 3. The van der Waals surface area contributed by atoms with Gasteiger partial charge < -0.3 is 20.4 Å². The number of nitrogens with one attached hydrogen (secondary N) is 1. The maximum atomic E-state index is 12.5. The second-order valence-corrected chi connectivity index (χ2v) is 4.95. The highest BCUT2D eigenvalue weighted by atomic mass is 16.5. The van der Waals surface area contributed by atoms with Gasteiger partial charge in [0, 0.05) is 23.1 Å². The van der Waals surface area contributed by atoms with Crippen molar-refractivity contribution in [1.82, 2.24) is 9.88 Å². The number of H-pyrrole nitrogens is 1. The van der Waals surface area contributed by atoms with Crippen molar-refractivity contribution in [2.75, 3.05) is 25.5 Å². The monoisotopic (exact) mass is 259 g/mol. The zero-order chi connectivity index (χ0) is 13.4. The predicted molar refractivity (Wildman–Crippen MR) is 74.0 cm³/mol. The van der Waals surface area contributed by atoms with Gasteiger partial charge in [-0.1, -0.05) is 0 Å². The molecule has 0 aliphatic carbocycles. The first-order valence-electron chi connectivity index (χ1n) is 6.42. The standard InChI is InChI=1S/C14H17N3O2/c1-9-8-19-5-4-17(9)14(18)13-7-10-6-11(15)2-3-12(10)16-13/h2-3,6-7,9,16H,4-5,8,15H2,1H3. The van der Waals surface area contributed by atoms with Crippen LogP contribution in [-0.2, 0) is 4.74 Å². The van der Waals surface area contributed by atoms with Crippen LogP contribution in [0.3, 0.4) is 0 Å². The summed E-state index contributed by atoms with van der Waals surface area (Å²) >= 11 is 0. The fourth-order valence-electron chi connectivity index (χ4n) is 2.45. The maximum Gasteiger partial charge on any atom is 0.270 e. The Morgan fingerprint density at radius 2 is 2.32 bits per heavy atom. The molecule has 5 heteroatoms. The summed E-state index contributed by atoms with van der Waals surface area (Å²) in [5.41, 5.74) is 7.98. The Morgan fingerprint density at radius 1 is 1.47 bits per heavy atom. The third-order valence-electron chi connectivity index (χ3n) is 3.50. The highest BCUT2D eigenvalue weighted by molar-refractivity contribution is 5.98. The first-order valence-corrected chi connectivity index (χ1v) is 6.42. The number of nitrogens with zero attached hydrogens (tertiary/aromatic N) is 1. The lowest BCUT2D eigenvalue weighted by Crippen LogP contribution is -2.47. The number of anilines is 1. The molecule has 1 aliphatic heterocycles. The SMILES string of the molecule is CC1COCCN1C(=O)c1cc2cc(N)ccc2[nH]1. The maximum absolute atomic E-state index is 12.5. The fourth-order valence-corrected chi connectivity index (χ4v) is 2.45. The van der Waals surface area contributed by atoms with E-state index in [2.05, 4.69) is 4.98 Å². The van der Waals surface area contributed by atoms with Crippen molar-refractivity contribution in [2.45, 2.75) is 13.0 Å². The second kappa shape index (κ2) is 4.59. The molecule has 3 N–H and O–H groups in total. The summed E-state index contributed by atoms with van der Waals surface area (Å²) < 4.78 is 5.35. The van der Waals surface area contributed by atoms with Gasteiger partial charge in [0.2, 0.25) is 0 Å². The third kappa shape index (κ3) is 2.17. The Balaban J connectivity index is 1.92. The molecule has 0 saturated carbocycles. The topological polar surface area (TPSA) is 71.3 Å².